The fourth-order valence-corrected chi connectivity index (χ4v) is 7.14. The molecule has 2 aliphatic heterocycles. The number of rotatable bonds is 6. The molecule has 4 aromatic rings. The maximum Gasteiger partial charge on any atom is 0.338 e. The summed E-state index contributed by atoms with van der Waals surface area (Å²) in [5.74, 6) is -0.813. The van der Waals surface area contributed by atoms with Crippen LogP contribution >= 0.6 is 34.7 Å². The summed E-state index contributed by atoms with van der Waals surface area (Å²) in [6.07, 6.45) is 1.99. The number of amides is 1. The molecule has 7 nitrogen and oxygen atoms in total. The first kappa shape index (κ1) is 28.2. The molecule has 3 heterocycles. The standard InChI is InChI=1S/C32H26ClN3O4S2/c1-4-40-31(39)25-18(2)34-32-36(27(25)19-13-15-21(41-3)16-14-19)30(38)28(42-32)26-22-10-6-8-12-24(22)35(29(26)37)17-20-9-5-7-11-23(20)33/h5-16,27H,4,17H2,1-3H3/b28-26+/t27-/m0/s1. The van der Waals surface area contributed by atoms with E-state index in [-0.39, 0.29) is 29.2 Å². The average molecular weight is 616 g/mol. The predicted molar refractivity (Wildman–Crippen MR) is 167 cm³/mol. The highest BCUT2D eigenvalue weighted by molar-refractivity contribution is 7.98. The summed E-state index contributed by atoms with van der Waals surface area (Å²) >= 11 is 9.20. The Balaban J connectivity index is 1.57. The minimum atomic E-state index is -0.753. The highest BCUT2D eigenvalue weighted by atomic mass is 35.5. The number of ether oxygens (including phenoxy) is 1. The van der Waals surface area contributed by atoms with E-state index in [4.69, 9.17) is 16.3 Å². The smallest absolute Gasteiger partial charge is 0.338 e. The number of para-hydroxylation sites is 1. The number of aromatic nitrogens is 1. The maximum absolute atomic E-state index is 14.3. The maximum atomic E-state index is 14.3. The van der Waals surface area contributed by atoms with E-state index in [1.54, 1.807) is 36.6 Å². The number of halogens is 1. The van der Waals surface area contributed by atoms with Crippen molar-refractivity contribution in [3.63, 3.8) is 0 Å². The lowest BCUT2D eigenvalue weighted by Crippen LogP contribution is -2.41. The molecule has 0 saturated heterocycles. The predicted octanol–water partition coefficient (Wildman–Crippen LogP) is 5.09. The van der Waals surface area contributed by atoms with E-state index in [9.17, 15) is 14.4 Å². The third-order valence-electron chi connectivity index (χ3n) is 7.36. The molecule has 1 aromatic heterocycles. The molecule has 0 saturated carbocycles. The van der Waals surface area contributed by atoms with Crippen molar-refractivity contribution in [3.8, 4) is 0 Å². The van der Waals surface area contributed by atoms with Gasteiger partial charge in [-0.2, -0.15) is 0 Å². The van der Waals surface area contributed by atoms with Crippen LogP contribution in [0.1, 0.15) is 36.6 Å². The second-order valence-electron chi connectivity index (χ2n) is 9.77. The number of fused-ring (bicyclic) bond motifs is 2. The van der Waals surface area contributed by atoms with E-state index in [0.29, 0.717) is 37.9 Å². The number of hydrogen-bond acceptors (Lipinski definition) is 7. The molecule has 0 N–H and O–H groups in total. The Morgan fingerprint density at radius 1 is 1.05 bits per heavy atom. The number of carbonyl (C=O) groups is 2. The second-order valence-corrected chi connectivity index (χ2v) is 12.0. The van der Waals surface area contributed by atoms with Crippen molar-refractivity contribution in [1.82, 2.24) is 4.57 Å². The van der Waals surface area contributed by atoms with Crippen LogP contribution in [-0.4, -0.2) is 29.3 Å². The van der Waals surface area contributed by atoms with Gasteiger partial charge in [-0.3, -0.25) is 14.2 Å². The van der Waals surface area contributed by atoms with Crippen molar-refractivity contribution in [2.75, 3.05) is 17.8 Å². The summed E-state index contributed by atoms with van der Waals surface area (Å²) in [5, 5.41) is 0.560. The van der Waals surface area contributed by atoms with Gasteiger partial charge >= 0.3 is 5.97 Å². The van der Waals surface area contributed by atoms with E-state index < -0.39 is 12.0 Å². The SMILES string of the molecule is CCOC(=O)C1=C(C)N=c2s/c(=C3/C(=O)N(Cc4ccccc4Cl)c4ccccc43)c(=O)n2[C@H]1c1ccc(SC)cc1. The fraction of sp³-hybridized carbons (Fsp3) is 0.188. The summed E-state index contributed by atoms with van der Waals surface area (Å²) in [7, 11) is 0. The van der Waals surface area contributed by atoms with E-state index in [0.717, 1.165) is 27.4 Å². The minimum absolute atomic E-state index is 0.189. The lowest BCUT2D eigenvalue weighted by Gasteiger charge is -2.24. The molecule has 0 unspecified atom stereocenters. The minimum Gasteiger partial charge on any atom is -0.463 e. The van der Waals surface area contributed by atoms with Crippen LogP contribution in [0, 0.1) is 0 Å². The number of allylic oxidation sites excluding steroid dienone is 1. The number of benzene rings is 3. The Morgan fingerprint density at radius 3 is 2.48 bits per heavy atom. The average Bonchev–Trinajstić information content (AvgIpc) is 3.45. The number of thiazole rings is 1. The van der Waals surface area contributed by atoms with Crippen molar-refractivity contribution < 1.29 is 14.3 Å². The molecule has 1 atom stereocenters. The van der Waals surface area contributed by atoms with E-state index in [1.165, 1.54) is 4.57 Å². The first-order chi connectivity index (χ1) is 20.3. The summed E-state index contributed by atoms with van der Waals surface area (Å²) in [6, 6.07) is 21.8. The van der Waals surface area contributed by atoms with Crippen molar-refractivity contribution in [1.29, 1.82) is 0 Å². The molecule has 6 rings (SSSR count). The van der Waals surface area contributed by atoms with Gasteiger partial charge < -0.3 is 9.64 Å². The Kier molecular flexibility index (Phi) is 7.66. The number of thioether (sulfide) groups is 1. The highest BCUT2D eigenvalue weighted by Gasteiger charge is 2.37. The largest absolute Gasteiger partial charge is 0.463 e. The van der Waals surface area contributed by atoms with Crippen LogP contribution in [0.4, 0.5) is 5.69 Å². The van der Waals surface area contributed by atoms with Gasteiger partial charge in [-0.1, -0.05) is 71.5 Å². The molecule has 0 bridgehead atoms. The normalized spacial score (nSPS) is 17.2. The molecule has 3 aromatic carbocycles. The van der Waals surface area contributed by atoms with Gasteiger partial charge in [0.1, 0.15) is 4.53 Å². The van der Waals surface area contributed by atoms with E-state index >= 15 is 0 Å². The van der Waals surface area contributed by atoms with Crippen LogP contribution in [0.25, 0.3) is 5.57 Å². The molecule has 10 heteroatoms. The quantitative estimate of drug-likeness (QED) is 0.223. The lowest BCUT2D eigenvalue weighted by molar-refractivity contribution is -0.139. The van der Waals surface area contributed by atoms with Gasteiger partial charge in [0.2, 0.25) is 0 Å². The number of nitrogens with zero attached hydrogens (tertiary/aromatic N) is 3. The monoisotopic (exact) mass is 615 g/mol. The Bertz CT molecular complexity index is 1960. The van der Waals surface area contributed by atoms with Crippen LogP contribution in [0.2, 0.25) is 5.02 Å². The van der Waals surface area contributed by atoms with Crippen molar-refractivity contribution in [2.24, 2.45) is 4.99 Å². The van der Waals surface area contributed by atoms with Crippen molar-refractivity contribution in [2.45, 2.75) is 31.3 Å². The lowest BCUT2D eigenvalue weighted by atomic mass is 9.96. The summed E-state index contributed by atoms with van der Waals surface area (Å²) in [5.41, 5.74) is 3.63. The number of hydrogen-bond donors (Lipinski definition) is 0. The van der Waals surface area contributed by atoms with E-state index in [1.807, 2.05) is 73.0 Å². The van der Waals surface area contributed by atoms with Gasteiger partial charge in [-0.25, -0.2) is 9.79 Å². The van der Waals surface area contributed by atoms with Gasteiger partial charge in [0.05, 0.1) is 41.7 Å². The Hall–Kier alpha value is -3.92. The van der Waals surface area contributed by atoms with Gasteiger partial charge in [0, 0.05) is 15.5 Å². The summed E-state index contributed by atoms with van der Waals surface area (Å²) in [6.45, 7) is 3.94. The molecule has 42 heavy (non-hydrogen) atoms. The number of esters is 1. The second kappa shape index (κ2) is 11.4. The zero-order chi connectivity index (χ0) is 29.5. The topological polar surface area (TPSA) is 81.0 Å². The summed E-state index contributed by atoms with van der Waals surface area (Å²) in [4.78, 5) is 49.4. The van der Waals surface area contributed by atoms with Gasteiger partial charge in [-0.15, -0.1) is 11.8 Å². The molecule has 212 valence electrons. The fourth-order valence-electron chi connectivity index (χ4n) is 5.40. The zero-order valence-electron chi connectivity index (χ0n) is 23.1. The van der Waals surface area contributed by atoms with Gasteiger partial charge in [-0.05, 0) is 55.5 Å². The van der Waals surface area contributed by atoms with Crippen LogP contribution in [0.3, 0.4) is 0 Å². The van der Waals surface area contributed by atoms with E-state index in [2.05, 4.69) is 4.99 Å². The van der Waals surface area contributed by atoms with Crippen molar-refractivity contribution in [3.05, 3.63) is 125 Å². The van der Waals surface area contributed by atoms with Gasteiger partial charge in [0.15, 0.2) is 4.80 Å². The first-order valence-corrected chi connectivity index (χ1v) is 15.8. The third kappa shape index (κ3) is 4.71. The first-order valence-electron chi connectivity index (χ1n) is 13.3. The highest BCUT2D eigenvalue weighted by Crippen LogP contribution is 2.37. The third-order valence-corrected chi connectivity index (χ3v) is 9.53. The molecule has 0 radical (unpaired) electrons. The number of anilines is 1. The van der Waals surface area contributed by atoms with Crippen LogP contribution in [-0.2, 0) is 20.9 Å². The molecular weight excluding hydrogens is 590 g/mol. The number of carbonyl (C=O) groups excluding carboxylic acids is 2. The molecule has 0 fully saturated rings. The van der Waals surface area contributed by atoms with Crippen LogP contribution in [0.5, 0.6) is 0 Å². The summed E-state index contributed by atoms with van der Waals surface area (Å²) < 4.78 is 7.20. The molecule has 2 aliphatic rings. The molecular formula is C32H26ClN3O4S2. The Labute approximate surface area is 255 Å². The zero-order valence-corrected chi connectivity index (χ0v) is 25.5. The Morgan fingerprint density at radius 2 is 1.76 bits per heavy atom. The molecule has 0 spiro atoms. The van der Waals surface area contributed by atoms with Crippen LogP contribution in [0.15, 0.2) is 98.7 Å². The molecule has 1 amide bonds. The molecule has 0 aliphatic carbocycles. The van der Waals surface area contributed by atoms with Crippen LogP contribution < -0.4 is 19.8 Å². The van der Waals surface area contributed by atoms with Gasteiger partial charge in [0.25, 0.3) is 11.5 Å². The van der Waals surface area contributed by atoms with Crippen molar-refractivity contribution >= 4 is 57.8 Å².